The molecule has 1 saturated carbocycles. The minimum absolute atomic E-state index is 0.0972. The number of amides is 1. The fraction of sp³-hybridized carbons (Fsp3) is 0.286. The van der Waals surface area contributed by atoms with Crippen LogP contribution >= 0.6 is 0 Å². The van der Waals surface area contributed by atoms with Crippen molar-refractivity contribution < 1.29 is 9.53 Å². The lowest BCUT2D eigenvalue weighted by Gasteiger charge is -2.14. The van der Waals surface area contributed by atoms with E-state index in [0.29, 0.717) is 27.9 Å². The Kier molecular flexibility index (Phi) is 3.98. The molecule has 1 fully saturated rings. The summed E-state index contributed by atoms with van der Waals surface area (Å²) in [5, 5.41) is 3.51. The van der Waals surface area contributed by atoms with Gasteiger partial charge in [0, 0.05) is 11.1 Å². The molecule has 0 saturated heterocycles. The van der Waals surface area contributed by atoms with Crippen LogP contribution in [0.25, 0.3) is 16.6 Å². The largest absolute Gasteiger partial charge is 0.497 e. The van der Waals surface area contributed by atoms with Crippen LogP contribution in [0, 0.1) is 6.92 Å². The first-order valence-corrected chi connectivity index (χ1v) is 8.89. The van der Waals surface area contributed by atoms with Crippen LogP contribution in [0.4, 0.5) is 0 Å². The highest BCUT2D eigenvalue weighted by Crippen LogP contribution is 2.34. The molecule has 4 rings (SSSR count). The smallest absolute Gasteiger partial charge is 0.265 e. The number of hydrogen-bond acceptors (Lipinski definition) is 4. The molecule has 1 aromatic heterocycles. The van der Waals surface area contributed by atoms with Crippen LogP contribution in [0.5, 0.6) is 5.75 Å². The van der Waals surface area contributed by atoms with E-state index in [1.807, 2.05) is 19.9 Å². The number of fused-ring (bicyclic) bond motifs is 1. The molecule has 3 aromatic rings. The van der Waals surface area contributed by atoms with Crippen molar-refractivity contribution in [3.8, 4) is 11.4 Å². The van der Waals surface area contributed by atoms with Crippen molar-refractivity contribution in [3.05, 3.63) is 64.2 Å². The van der Waals surface area contributed by atoms with E-state index in [1.165, 1.54) is 10.9 Å². The SMILES string of the molecule is COc1ccc2ncn(-c3cc(C(=O)NC4(C)CC4)ccc3C)c(=O)c2c1. The number of nitrogens with one attached hydrogen (secondary N) is 1. The maximum atomic E-state index is 13.0. The van der Waals surface area contributed by atoms with Gasteiger partial charge in [-0.05, 0) is 62.6 Å². The topological polar surface area (TPSA) is 73.2 Å². The zero-order valence-corrected chi connectivity index (χ0v) is 15.6. The van der Waals surface area contributed by atoms with Gasteiger partial charge in [0.15, 0.2) is 0 Å². The van der Waals surface area contributed by atoms with Crippen molar-refractivity contribution in [1.29, 1.82) is 0 Å². The molecule has 6 nitrogen and oxygen atoms in total. The summed E-state index contributed by atoms with van der Waals surface area (Å²) < 4.78 is 6.70. The van der Waals surface area contributed by atoms with Gasteiger partial charge in [-0.15, -0.1) is 0 Å². The molecule has 1 aliphatic rings. The standard InChI is InChI=1S/C21H21N3O3/c1-13-4-5-14(19(25)23-21(2)8-9-21)10-18(13)24-12-22-17-7-6-15(27-3)11-16(17)20(24)26/h4-7,10-12H,8-9H2,1-3H3,(H,23,25). The Morgan fingerprint density at radius 3 is 2.70 bits per heavy atom. The number of carbonyl (C=O) groups excluding carboxylic acids is 1. The zero-order valence-electron chi connectivity index (χ0n) is 15.6. The van der Waals surface area contributed by atoms with E-state index in [1.54, 1.807) is 37.4 Å². The molecule has 27 heavy (non-hydrogen) atoms. The lowest BCUT2D eigenvalue weighted by molar-refractivity contribution is 0.0935. The average Bonchev–Trinajstić information content (AvgIpc) is 3.39. The normalized spacial score (nSPS) is 14.8. The van der Waals surface area contributed by atoms with Crippen LogP contribution < -0.4 is 15.6 Å². The van der Waals surface area contributed by atoms with Gasteiger partial charge in [-0.3, -0.25) is 14.2 Å². The Morgan fingerprint density at radius 2 is 2.00 bits per heavy atom. The molecule has 0 radical (unpaired) electrons. The van der Waals surface area contributed by atoms with E-state index in [2.05, 4.69) is 10.3 Å². The van der Waals surface area contributed by atoms with Gasteiger partial charge in [-0.2, -0.15) is 0 Å². The number of rotatable bonds is 4. The molecule has 1 aliphatic carbocycles. The molecule has 0 spiro atoms. The average molecular weight is 363 g/mol. The van der Waals surface area contributed by atoms with Gasteiger partial charge < -0.3 is 10.1 Å². The Labute approximate surface area is 156 Å². The van der Waals surface area contributed by atoms with E-state index in [-0.39, 0.29) is 17.0 Å². The predicted octanol–water partition coefficient (Wildman–Crippen LogP) is 2.99. The van der Waals surface area contributed by atoms with Crippen LogP contribution in [0.3, 0.4) is 0 Å². The number of aromatic nitrogens is 2. The summed E-state index contributed by atoms with van der Waals surface area (Å²) in [6.07, 6.45) is 3.49. The summed E-state index contributed by atoms with van der Waals surface area (Å²) in [7, 11) is 1.56. The highest BCUT2D eigenvalue weighted by atomic mass is 16.5. The van der Waals surface area contributed by atoms with Crippen molar-refractivity contribution in [3.63, 3.8) is 0 Å². The fourth-order valence-electron chi connectivity index (χ4n) is 3.07. The van der Waals surface area contributed by atoms with Gasteiger partial charge in [-0.1, -0.05) is 6.07 Å². The monoisotopic (exact) mass is 363 g/mol. The van der Waals surface area contributed by atoms with Gasteiger partial charge in [-0.25, -0.2) is 4.98 Å². The van der Waals surface area contributed by atoms with E-state index < -0.39 is 0 Å². The lowest BCUT2D eigenvalue weighted by atomic mass is 10.1. The molecule has 1 amide bonds. The van der Waals surface area contributed by atoms with Crippen LogP contribution in [0.1, 0.15) is 35.7 Å². The Hall–Kier alpha value is -3.15. The second-order valence-electron chi connectivity index (χ2n) is 7.32. The molecule has 0 bridgehead atoms. The van der Waals surface area contributed by atoms with Gasteiger partial charge in [0.1, 0.15) is 12.1 Å². The summed E-state index contributed by atoms with van der Waals surface area (Å²) in [6, 6.07) is 10.6. The maximum absolute atomic E-state index is 13.0. The van der Waals surface area contributed by atoms with Crippen molar-refractivity contribution in [2.75, 3.05) is 7.11 Å². The first-order valence-electron chi connectivity index (χ1n) is 8.89. The van der Waals surface area contributed by atoms with Crippen LogP contribution in [-0.2, 0) is 0 Å². The first kappa shape index (κ1) is 17.3. The zero-order chi connectivity index (χ0) is 19.2. The molecular formula is C21H21N3O3. The number of methoxy groups -OCH3 is 1. The number of nitrogens with zero attached hydrogens (tertiary/aromatic N) is 2. The Bertz CT molecular complexity index is 1110. The van der Waals surface area contributed by atoms with Gasteiger partial charge >= 0.3 is 0 Å². The van der Waals surface area contributed by atoms with Gasteiger partial charge in [0.25, 0.3) is 11.5 Å². The molecule has 1 N–H and O–H groups in total. The molecule has 0 aliphatic heterocycles. The molecule has 6 heteroatoms. The molecule has 0 unspecified atom stereocenters. The van der Waals surface area contributed by atoms with Gasteiger partial charge in [0.2, 0.25) is 0 Å². The number of aryl methyl sites for hydroxylation is 1. The quantitative estimate of drug-likeness (QED) is 0.773. The predicted molar refractivity (Wildman–Crippen MR) is 104 cm³/mol. The Morgan fingerprint density at radius 1 is 1.22 bits per heavy atom. The summed E-state index contributed by atoms with van der Waals surface area (Å²) in [4.78, 5) is 30.0. The van der Waals surface area contributed by atoms with Crippen molar-refractivity contribution in [1.82, 2.24) is 14.9 Å². The minimum Gasteiger partial charge on any atom is -0.497 e. The third kappa shape index (κ3) is 3.18. The fourth-order valence-corrected chi connectivity index (χ4v) is 3.07. The number of benzene rings is 2. The third-order valence-electron chi connectivity index (χ3n) is 5.11. The van der Waals surface area contributed by atoms with E-state index >= 15 is 0 Å². The minimum atomic E-state index is -0.200. The second kappa shape index (κ2) is 6.23. The number of carbonyl (C=O) groups is 1. The Balaban J connectivity index is 1.80. The number of ether oxygens (including phenoxy) is 1. The summed E-state index contributed by atoms with van der Waals surface area (Å²) >= 11 is 0. The highest BCUT2D eigenvalue weighted by Gasteiger charge is 2.38. The molecule has 1 heterocycles. The van der Waals surface area contributed by atoms with Crippen LogP contribution in [0.15, 0.2) is 47.5 Å². The first-order chi connectivity index (χ1) is 12.9. The summed E-state index contributed by atoms with van der Waals surface area (Å²) in [5.74, 6) is 0.474. The van der Waals surface area contributed by atoms with Gasteiger partial charge in [0.05, 0.1) is 23.7 Å². The number of hydrogen-bond donors (Lipinski definition) is 1. The molecule has 2 aromatic carbocycles. The molecule has 138 valence electrons. The molecule has 0 atom stereocenters. The second-order valence-corrected chi connectivity index (χ2v) is 7.32. The summed E-state index contributed by atoms with van der Waals surface area (Å²) in [6.45, 7) is 3.94. The van der Waals surface area contributed by atoms with Crippen molar-refractivity contribution in [2.24, 2.45) is 0 Å². The molecular weight excluding hydrogens is 342 g/mol. The van der Waals surface area contributed by atoms with Crippen molar-refractivity contribution in [2.45, 2.75) is 32.2 Å². The van der Waals surface area contributed by atoms with E-state index in [4.69, 9.17) is 4.74 Å². The van der Waals surface area contributed by atoms with Crippen LogP contribution in [0.2, 0.25) is 0 Å². The summed E-state index contributed by atoms with van der Waals surface area (Å²) in [5.41, 5.74) is 2.36. The maximum Gasteiger partial charge on any atom is 0.265 e. The van der Waals surface area contributed by atoms with Crippen LogP contribution in [-0.4, -0.2) is 28.1 Å². The van der Waals surface area contributed by atoms with E-state index in [0.717, 1.165) is 18.4 Å². The van der Waals surface area contributed by atoms with E-state index in [9.17, 15) is 9.59 Å². The third-order valence-corrected chi connectivity index (χ3v) is 5.11. The lowest BCUT2D eigenvalue weighted by Crippen LogP contribution is -2.34. The van der Waals surface area contributed by atoms with Crippen molar-refractivity contribution >= 4 is 16.8 Å². The highest BCUT2D eigenvalue weighted by molar-refractivity contribution is 5.95.